The van der Waals surface area contributed by atoms with Crippen molar-refractivity contribution < 1.29 is 9.53 Å². The SMILES string of the molecule is CCCCC/C=C1\[C@@H]2[C@H](C)OC(=O)N12. The van der Waals surface area contributed by atoms with Gasteiger partial charge in [-0.1, -0.05) is 25.8 Å². The van der Waals surface area contributed by atoms with E-state index in [1.807, 2.05) is 6.92 Å². The molecule has 0 saturated carbocycles. The van der Waals surface area contributed by atoms with Gasteiger partial charge in [0, 0.05) is 5.70 Å². The molecule has 1 amide bonds. The number of amides is 1. The predicted octanol–water partition coefficient (Wildman–Crippen LogP) is 2.67. The molecule has 0 bridgehead atoms. The van der Waals surface area contributed by atoms with Crippen molar-refractivity contribution >= 4 is 6.09 Å². The fourth-order valence-electron chi connectivity index (χ4n) is 2.04. The summed E-state index contributed by atoms with van der Waals surface area (Å²) in [6.07, 6.45) is 6.92. The van der Waals surface area contributed by atoms with Crippen molar-refractivity contribution in [2.45, 2.75) is 51.7 Å². The lowest BCUT2D eigenvalue weighted by atomic mass is 10.2. The molecule has 0 aromatic carbocycles. The molecule has 0 aromatic heterocycles. The van der Waals surface area contributed by atoms with Crippen molar-refractivity contribution in [3.63, 3.8) is 0 Å². The van der Waals surface area contributed by atoms with E-state index in [2.05, 4.69) is 13.0 Å². The summed E-state index contributed by atoms with van der Waals surface area (Å²) in [5, 5.41) is 0. The molecule has 2 rings (SSSR count). The normalized spacial score (nSPS) is 32.0. The Labute approximate surface area is 84.7 Å². The molecule has 0 radical (unpaired) electrons. The highest BCUT2D eigenvalue weighted by Crippen LogP contribution is 2.43. The Morgan fingerprint density at radius 1 is 1.50 bits per heavy atom. The Kier molecular flexibility index (Phi) is 2.48. The van der Waals surface area contributed by atoms with E-state index in [1.54, 1.807) is 4.90 Å². The zero-order valence-electron chi connectivity index (χ0n) is 8.82. The van der Waals surface area contributed by atoms with Gasteiger partial charge in [0.2, 0.25) is 0 Å². The molecule has 2 aliphatic rings. The minimum Gasteiger partial charge on any atom is -0.443 e. The second kappa shape index (κ2) is 3.64. The molecule has 14 heavy (non-hydrogen) atoms. The summed E-state index contributed by atoms with van der Waals surface area (Å²) in [7, 11) is 0. The highest BCUT2D eigenvalue weighted by Gasteiger charge is 2.56. The van der Waals surface area contributed by atoms with Crippen molar-refractivity contribution in [3.8, 4) is 0 Å². The van der Waals surface area contributed by atoms with Gasteiger partial charge in [0.25, 0.3) is 0 Å². The zero-order chi connectivity index (χ0) is 10.1. The second-order valence-corrected chi connectivity index (χ2v) is 4.03. The van der Waals surface area contributed by atoms with Crippen LogP contribution in [0, 0.1) is 0 Å². The van der Waals surface area contributed by atoms with Crippen LogP contribution in [0.25, 0.3) is 0 Å². The van der Waals surface area contributed by atoms with E-state index in [9.17, 15) is 4.79 Å². The van der Waals surface area contributed by atoms with Gasteiger partial charge in [-0.2, -0.15) is 0 Å². The second-order valence-electron chi connectivity index (χ2n) is 4.03. The molecule has 3 nitrogen and oxygen atoms in total. The number of rotatable bonds is 4. The number of fused-ring (bicyclic) bond motifs is 1. The van der Waals surface area contributed by atoms with Crippen LogP contribution in [0.15, 0.2) is 11.8 Å². The van der Waals surface area contributed by atoms with Crippen LogP contribution in [-0.2, 0) is 4.74 Å². The van der Waals surface area contributed by atoms with Gasteiger partial charge in [-0.25, -0.2) is 4.79 Å². The van der Waals surface area contributed by atoms with E-state index in [-0.39, 0.29) is 18.2 Å². The largest absolute Gasteiger partial charge is 0.443 e. The highest BCUT2D eigenvalue weighted by molar-refractivity contribution is 5.80. The summed E-state index contributed by atoms with van der Waals surface area (Å²) in [6, 6.07) is 0.268. The Morgan fingerprint density at radius 2 is 2.29 bits per heavy atom. The van der Waals surface area contributed by atoms with Crippen LogP contribution in [0.5, 0.6) is 0 Å². The van der Waals surface area contributed by atoms with Crippen LogP contribution in [0.4, 0.5) is 4.79 Å². The number of carbonyl (C=O) groups is 1. The van der Waals surface area contributed by atoms with Gasteiger partial charge in [-0.3, -0.25) is 4.90 Å². The van der Waals surface area contributed by atoms with Gasteiger partial charge < -0.3 is 4.74 Å². The monoisotopic (exact) mass is 195 g/mol. The van der Waals surface area contributed by atoms with Crippen LogP contribution >= 0.6 is 0 Å². The molecule has 0 aromatic rings. The van der Waals surface area contributed by atoms with Gasteiger partial charge in [-0.05, 0) is 19.8 Å². The Morgan fingerprint density at radius 3 is 2.86 bits per heavy atom. The van der Waals surface area contributed by atoms with Gasteiger partial charge in [0.1, 0.15) is 12.1 Å². The smallest absolute Gasteiger partial charge is 0.415 e. The molecular formula is C11H17NO2. The Bertz CT molecular complexity index is 272. The number of hydrogen-bond acceptors (Lipinski definition) is 2. The first-order valence-corrected chi connectivity index (χ1v) is 5.45. The predicted molar refractivity (Wildman–Crippen MR) is 53.8 cm³/mol. The first kappa shape index (κ1) is 9.56. The maximum Gasteiger partial charge on any atom is 0.415 e. The number of hydrogen-bond donors (Lipinski definition) is 0. The quantitative estimate of drug-likeness (QED) is 0.510. The highest BCUT2D eigenvalue weighted by atomic mass is 16.6. The molecule has 2 fully saturated rings. The molecule has 0 spiro atoms. The minimum atomic E-state index is -0.163. The van der Waals surface area contributed by atoms with Crippen LogP contribution < -0.4 is 0 Å². The van der Waals surface area contributed by atoms with Crippen molar-refractivity contribution in [3.05, 3.63) is 11.8 Å². The number of cyclic esters (lactones) is 1. The van der Waals surface area contributed by atoms with Crippen molar-refractivity contribution in [2.75, 3.05) is 0 Å². The van der Waals surface area contributed by atoms with Crippen molar-refractivity contribution in [1.82, 2.24) is 4.90 Å². The molecule has 2 aliphatic heterocycles. The molecule has 2 atom stereocenters. The Balaban J connectivity index is 1.82. The summed E-state index contributed by atoms with van der Waals surface area (Å²) < 4.78 is 5.03. The molecule has 3 heteroatoms. The van der Waals surface area contributed by atoms with E-state index < -0.39 is 0 Å². The van der Waals surface area contributed by atoms with E-state index in [4.69, 9.17) is 4.74 Å². The fraction of sp³-hybridized carbons (Fsp3) is 0.727. The summed E-state index contributed by atoms with van der Waals surface area (Å²) >= 11 is 0. The van der Waals surface area contributed by atoms with E-state index in [0.717, 1.165) is 6.42 Å². The molecule has 0 aliphatic carbocycles. The molecule has 2 saturated heterocycles. The molecule has 0 unspecified atom stereocenters. The van der Waals surface area contributed by atoms with Gasteiger partial charge in [-0.15, -0.1) is 0 Å². The zero-order valence-corrected chi connectivity index (χ0v) is 8.82. The van der Waals surface area contributed by atoms with E-state index in [1.165, 1.54) is 25.0 Å². The van der Waals surface area contributed by atoms with Crippen LogP contribution in [0.1, 0.15) is 39.5 Å². The Hall–Kier alpha value is -0.990. The molecular weight excluding hydrogens is 178 g/mol. The number of unbranched alkanes of at least 4 members (excludes halogenated alkanes) is 3. The summed E-state index contributed by atoms with van der Waals surface area (Å²) in [5.41, 5.74) is 1.19. The first-order chi connectivity index (χ1) is 6.75. The van der Waals surface area contributed by atoms with Crippen molar-refractivity contribution in [1.29, 1.82) is 0 Å². The van der Waals surface area contributed by atoms with Crippen LogP contribution in [-0.4, -0.2) is 23.1 Å². The van der Waals surface area contributed by atoms with Crippen molar-refractivity contribution in [2.24, 2.45) is 0 Å². The summed E-state index contributed by atoms with van der Waals surface area (Å²) in [6.45, 7) is 4.15. The van der Waals surface area contributed by atoms with Gasteiger partial charge >= 0.3 is 6.09 Å². The first-order valence-electron chi connectivity index (χ1n) is 5.45. The third-order valence-electron chi connectivity index (χ3n) is 2.88. The van der Waals surface area contributed by atoms with Crippen LogP contribution in [0.2, 0.25) is 0 Å². The minimum absolute atomic E-state index is 0.0555. The molecule has 78 valence electrons. The van der Waals surface area contributed by atoms with E-state index in [0.29, 0.717) is 0 Å². The molecule has 0 N–H and O–H groups in total. The number of allylic oxidation sites excluding steroid dienone is 1. The lowest BCUT2D eigenvalue weighted by molar-refractivity contribution is 0.134. The van der Waals surface area contributed by atoms with Crippen LogP contribution in [0.3, 0.4) is 0 Å². The standard InChI is InChI=1S/C11H17NO2/c1-3-4-5-6-7-9-10-8(2)14-11(13)12(9)10/h7-8,10H,3-6H2,1-2H3/b9-7+/t8-,10-,12?/m0/s1. The number of ether oxygens (including phenoxy) is 1. The third kappa shape index (κ3) is 1.51. The van der Waals surface area contributed by atoms with Gasteiger partial charge in [0.05, 0.1) is 0 Å². The fourth-order valence-corrected chi connectivity index (χ4v) is 2.04. The maximum absolute atomic E-state index is 11.2. The molecule has 2 heterocycles. The average Bonchev–Trinajstić information content (AvgIpc) is 2.78. The maximum atomic E-state index is 11.2. The summed E-state index contributed by atoms with van der Waals surface area (Å²) in [5.74, 6) is 0. The number of carbonyl (C=O) groups excluding carboxylic acids is 1. The average molecular weight is 195 g/mol. The lowest BCUT2D eigenvalue weighted by Gasteiger charge is -2.02. The van der Waals surface area contributed by atoms with E-state index >= 15 is 0 Å². The third-order valence-corrected chi connectivity index (χ3v) is 2.88. The topological polar surface area (TPSA) is 29.3 Å². The van der Waals surface area contributed by atoms with Gasteiger partial charge in [0.15, 0.2) is 0 Å². The lowest BCUT2D eigenvalue weighted by Crippen LogP contribution is -2.10. The number of nitrogens with zero attached hydrogens (tertiary/aromatic N) is 1. The summed E-state index contributed by atoms with van der Waals surface area (Å²) in [4.78, 5) is 12.9.